The van der Waals surface area contributed by atoms with Crippen molar-refractivity contribution < 1.29 is 13.7 Å². The number of nitro benzene ring substituents is 1. The van der Waals surface area contributed by atoms with Crippen molar-refractivity contribution in [1.29, 1.82) is 0 Å². The van der Waals surface area contributed by atoms with Crippen LogP contribution in [0.15, 0.2) is 36.4 Å². The molecule has 2 aromatic carbocycles. The molecule has 0 saturated heterocycles. The number of halogens is 2. The Morgan fingerprint density at radius 2 is 1.95 bits per heavy atom. The minimum Gasteiger partial charge on any atom is -0.381 e. The summed E-state index contributed by atoms with van der Waals surface area (Å²) in [4.78, 5) is 10.3. The van der Waals surface area contributed by atoms with Crippen LogP contribution in [0.5, 0.6) is 0 Å². The van der Waals surface area contributed by atoms with E-state index in [4.69, 9.17) is 0 Å². The molecule has 0 aliphatic carbocycles. The highest BCUT2D eigenvalue weighted by molar-refractivity contribution is 5.48. The Labute approximate surface area is 114 Å². The van der Waals surface area contributed by atoms with E-state index in [1.807, 2.05) is 0 Å². The fourth-order valence-electron chi connectivity index (χ4n) is 1.77. The average Bonchev–Trinajstić information content (AvgIpc) is 2.40. The summed E-state index contributed by atoms with van der Waals surface area (Å²) in [6, 6.07) is 7.78. The van der Waals surface area contributed by atoms with E-state index in [-0.39, 0.29) is 23.6 Å². The lowest BCUT2D eigenvalue weighted by atomic mass is 10.1. The van der Waals surface area contributed by atoms with Crippen molar-refractivity contribution in [3.05, 3.63) is 69.3 Å². The van der Waals surface area contributed by atoms with Crippen molar-refractivity contribution in [3.63, 3.8) is 0 Å². The molecule has 0 aromatic heterocycles. The molecule has 6 heteroatoms. The van der Waals surface area contributed by atoms with Crippen LogP contribution in [0.1, 0.15) is 11.1 Å². The van der Waals surface area contributed by atoms with Crippen LogP contribution in [0.3, 0.4) is 0 Å². The molecule has 1 N–H and O–H groups in total. The van der Waals surface area contributed by atoms with Gasteiger partial charge < -0.3 is 5.32 Å². The van der Waals surface area contributed by atoms with E-state index >= 15 is 0 Å². The fourth-order valence-corrected chi connectivity index (χ4v) is 1.77. The van der Waals surface area contributed by atoms with Gasteiger partial charge in [-0.2, -0.15) is 0 Å². The van der Waals surface area contributed by atoms with Gasteiger partial charge in [0.05, 0.1) is 10.5 Å². The standard InChI is InChI=1S/C14H12F2N2O2/c1-9-2-4-12(7-13(9)16)17-8-10-6-11(15)3-5-14(10)18(19)20/h2-7,17H,8H2,1H3. The highest BCUT2D eigenvalue weighted by Gasteiger charge is 2.14. The average molecular weight is 278 g/mol. The third-order valence-electron chi connectivity index (χ3n) is 2.89. The highest BCUT2D eigenvalue weighted by Crippen LogP contribution is 2.21. The summed E-state index contributed by atoms with van der Waals surface area (Å²) in [6.45, 7) is 1.67. The highest BCUT2D eigenvalue weighted by atomic mass is 19.1. The molecule has 0 unspecified atom stereocenters. The zero-order valence-electron chi connectivity index (χ0n) is 10.7. The number of nitrogens with zero attached hydrogens (tertiary/aromatic N) is 1. The first-order valence-corrected chi connectivity index (χ1v) is 5.90. The summed E-state index contributed by atoms with van der Waals surface area (Å²) in [5.74, 6) is -0.925. The number of aryl methyl sites for hydroxylation is 1. The molecule has 0 fully saturated rings. The first-order valence-electron chi connectivity index (χ1n) is 5.90. The molecule has 0 amide bonds. The minimum atomic E-state index is -0.577. The summed E-state index contributed by atoms with van der Waals surface area (Å²) in [6.07, 6.45) is 0. The molecule has 0 aliphatic heterocycles. The molecule has 0 spiro atoms. The van der Waals surface area contributed by atoms with Crippen molar-refractivity contribution in [3.8, 4) is 0 Å². The lowest BCUT2D eigenvalue weighted by Crippen LogP contribution is -2.04. The number of hydrogen-bond acceptors (Lipinski definition) is 3. The largest absolute Gasteiger partial charge is 0.381 e. The van der Waals surface area contributed by atoms with Gasteiger partial charge in [-0.3, -0.25) is 10.1 Å². The summed E-state index contributed by atoms with van der Waals surface area (Å²) in [5.41, 5.74) is 1.02. The van der Waals surface area contributed by atoms with Crippen molar-refractivity contribution in [2.75, 3.05) is 5.32 Å². The van der Waals surface area contributed by atoms with E-state index in [2.05, 4.69) is 5.32 Å². The van der Waals surface area contributed by atoms with Gasteiger partial charge in [0.2, 0.25) is 0 Å². The SMILES string of the molecule is Cc1ccc(NCc2cc(F)ccc2[N+](=O)[O-])cc1F. The third-order valence-corrected chi connectivity index (χ3v) is 2.89. The number of benzene rings is 2. The topological polar surface area (TPSA) is 55.2 Å². The van der Waals surface area contributed by atoms with Crippen LogP contribution in [-0.2, 0) is 6.54 Å². The molecular weight excluding hydrogens is 266 g/mol. The van der Waals surface area contributed by atoms with Crippen LogP contribution in [0, 0.1) is 28.7 Å². The van der Waals surface area contributed by atoms with Gasteiger partial charge in [0.1, 0.15) is 11.6 Å². The Kier molecular flexibility index (Phi) is 3.93. The molecule has 0 heterocycles. The summed E-state index contributed by atoms with van der Waals surface area (Å²) < 4.78 is 26.5. The molecule has 0 radical (unpaired) electrons. The van der Waals surface area contributed by atoms with Crippen LogP contribution >= 0.6 is 0 Å². The second kappa shape index (κ2) is 5.64. The summed E-state index contributed by atoms with van der Waals surface area (Å²) in [5, 5.41) is 13.7. The first kappa shape index (κ1) is 13.9. The molecule has 2 rings (SSSR count). The number of nitro groups is 1. The number of hydrogen-bond donors (Lipinski definition) is 1. The van der Waals surface area contributed by atoms with E-state index in [0.717, 1.165) is 18.2 Å². The maximum absolute atomic E-state index is 13.4. The van der Waals surface area contributed by atoms with Crippen molar-refractivity contribution in [2.45, 2.75) is 13.5 Å². The van der Waals surface area contributed by atoms with E-state index in [0.29, 0.717) is 11.3 Å². The van der Waals surface area contributed by atoms with Crippen molar-refractivity contribution in [2.24, 2.45) is 0 Å². The Balaban J connectivity index is 2.20. The molecule has 20 heavy (non-hydrogen) atoms. The molecule has 0 atom stereocenters. The Hall–Kier alpha value is -2.50. The van der Waals surface area contributed by atoms with Gasteiger partial charge in [-0.05, 0) is 36.8 Å². The zero-order chi connectivity index (χ0) is 14.7. The van der Waals surface area contributed by atoms with Crippen LogP contribution in [-0.4, -0.2) is 4.92 Å². The van der Waals surface area contributed by atoms with E-state index in [1.54, 1.807) is 19.1 Å². The van der Waals surface area contributed by atoms with Crippen molar-refractivity contribution in [1.82, 2.24) is 0 Å². The molecular formula is C14H12F2N2O2. The number of rotatable bonds is 4. The molecule has 0 bridgehead atoms. The predicted octanol–water partition coefficient (Wildman–Crippen LogP) is 3.79. The van der Waals surface area contributed by atoms with Gasteiger partial charge in [0.25, 0.3) is 5.69 Å². The number of anilines is 1. The lowest BCUT2D eigenvalue weighted by Gasteiger charge is -2.08. The van der Waals surface area contributed by atoms with Gasteiger partial charge in [-0.15, -0.1) is 0 Å². The Morgan fingerprint density at radius 3 is 2.60 bits per heavy atom. The lowest BCUT2D eigenvalue weighted by molar-refractivity contribution is -0.385. The van der Waals surface area contributed by atoms with E-state index in [1.165, 1.54) is 6.07 Å². The van der Waals surface area contributed by atoms with Gasteiger partial charge in [0, 0.05) is 18.3 Å². The molecule has 0 saturated carbocycles. The van der Waals surface area contributed by atoms with Crippen LogP contribution < -0.4 is 5.32 Å². The van der Waals surface area contributed by atoms with Crippen molar-refractivity contribution >= 4 is 11.4 Å². The van der Waals surface area contributed by atoms with Crippen LogP contribution in [0.2, 0.25) is 0 Å². The normalized spacial score (nSPS) is 10.3. The third kappa shape index (κ3) is 3.09. The van der Waals surface area contributed by atoms with Gasteiger partial charge in [-0.1, -0.05) is 6.07 Å². The number of nitrogens with one attached hydrogen (secondary N) is 1. The molecule has 2 aromatic rings. The summed E-state index contributed by atoms with van der Waals surface area (Å²) >= 11 is 0. The zero-order valence-corrected chi connectivity index (χ0v) is 10.7. The van der Waals surface area contributed by atoms with Gasteiger partial charge in [-0.25, -0.2) is 8.78 Å². The first-order chi connectivity index (χ1) is 9.47. The minimum absolute atomic E-state index is 0.0383. The Bertz CT molecular complexity index is 660. The Morgan fingerprint density at radius 1 is 1.20 bits per heavy atom. The second-order valence-electron chi connectivity index (χ2n) is 4.35. The van der Waals surface area contributed by atoms with Gasteiger partial charge >= 0.3 is 0 Å². The summed E-state index contributed by atoms with van der Waals surface area (Å²) in [7, 11) is 0. The smallest absolute Gasteiger partial charge is 0.274 e. The monoisotopic (exact) mass is 278 g/mol. The fraction of sp³-hybridized carbons (Fsp3) is 0.143. The van der Waals surface area contributed by atoms with Gasteiger partial charge in [0.15, 0.2) is 0 Å². The van der Waals surface area contributed by atoms with E-state index < -0.39 is 10.7 Å². The van der Waals surface area contributed by atoms with Crippen LogP contribution in [0.25, 0.3) is 0 Å². The quantitative estimate of drug-likeness (QED) is 0.683. The molecule has 4 nitrogen and oxygen atoms in total. The van der Waals surface area contributed by atoms with Crippen LogP contribution in [0.4, 0.5) is 20.2 Å². The molecule has 0 aliphatic rings. The second-order valence-corrected chi connectivity index (χ2v) is 4.35. The maximum atomic E-state index is 13.4. The molecule has 104 valence electrons. The predicted molar refractivity (Wildman–Crippen MR) is 71.5 cm³/mol. The maximum Gasteiger partial charge on any atom is 0.274 e. The van der Waals surface area contributed by atoms with E-state index in [9.17, 15) is 18.9 Å².